The Bertz CT molecular complexity index is 1590. The number of aromatic nitrogens is 2. The number of hydrogen-bond donors (Lipinski definition) is 2. The van der Waals surface area contributed by atoms with Crippen LogP contribution in [0.2, 0.25) is 0 Å². The molecule has 1 saturated heterocycles. The second-order valence-electron chi connectivity index (χ2n) is 14.3. The average molecular weight is 624 g/mol. The molecule has 1 aliphatic heterocycles. The molecular formula is C38H49N5O3. The van der Waals surface area contributed by atoms with Gasteiger partial charge in [0.25, 0.3) is 0 Å². The van der Waals surface area contributed by atoms with Crippen LogP contribution < -0.4 is 10.9 Å². The van der Waals surface area contributed by atoms with E-state index in [1.165, 1.54) is 17.7 Å². The lowest BCUT2D eigenvalue weighted by Crippen LogP contribution is -2.47. The fourth-order valence-corrected chi connectivity index (χ4v) is 7.14. The van der Waals surface area contributed by atoms with Crippen LogP contribution in [0.3, 0.4) is 0 Å². The third-order valence-corrected chi connectivity index (χ3v) is 10.2. The normalized spacial score (nSPS) is 19.3. The first-order valence-electron chi connectivity index (χ1n) is 16.9. The van der Waals surface area contributed by atoms with Gasteiger partial charge in [-0.15, -0.1) is 0 Å². The molecule has 0 radical (unpaired) electrons. The van der Waals surface area contributed by atoms with E-state index in [0.717, 1.165) is 98.7 Å². The highest BCUT2D eigenvalue weighted by atomic mass is 16.5. The summed E-state index contributed by atoms with van der Waals surface area (Å²) >= 11 is 0. The number of nitrogens with one attached hydrogen (secondary N) is 2. The molecule has 2 aromatic heterocycles. The third-order valence-electron chi connectivity index (χ3n) is 10.2. The zero-order valence-electron chi connectivity index (χ0n) is 27.9. The largest absolute Gasteiger partial charge is 0.383 e. The van der Waals surface area contributed by atoms with Gasteiger partial charge in [-0.1, -0.05) is 45.0 Å². The predicted molar refractivity (Wildman–Crippen MR) is 184 cm³/mol. The van der Waals surface area contributed by atoms with Crippen molar-refractivity contribution in [3.05, 3.63) is 92.7 Å². The van der Waals surface area contributed by atoms with Crippen LogP contribution in [0.15, 0.2) is 59.0 Å². The first kappa shape index (κ1) is 32.4. The molecular weight excluding hydrogens is 574 g/mol. The summed E-state index contributed by atoms with van der Waals surface area (Å²) in [4.78, 5) is 38.2. The standard InChI is InChI=1S/C38H49N5O3/c1-38(2,3)32-10-11-33-30(23-32)21-29-22-31(24-35(29)40-33)37(45)41-34(13-14-42-15-17-43(18-16-42)19-20-46-4)27-7-5-26(6-8-27)28-9-12-36(44)39-25-28/h5-9,12,21-22,25,32,34H,10-11,13-20,23-24H2,1-4H3,(H,39,44)(H,41,45)/t32-,34+/m0/s1. The quantitative estimate of drug-likeness (QED) is 0.329. The van der Waals surface area contributed by atoms with E-state index in [0.29, 0.717) is 12.3 Å². The number of carbonyl (C=O) groups is 1. The van der Waals surface area contributed by atoms with Crippen LogP contribution in [-0.2, 0) is 28.8 Å². The van der Waals surface area contributed by atoms with Crippen molar-refractivity contribution >= 4 is 12.0 Å². The van der Waals surface area contributed by atoms with Gasteiger partial charge in [0, 0.05) is 76.3 Å². The summed E-state index contributed by atoms with van der Waals surface area (Å²) in [5.41, 5.74) is 8.72. The Labute approximate surface area is 273 Å². The summed E-state index contributed by atoms with van der Waals surface area (Å²) in [5.74, 6) is 0.639. The molecule has 3 aliphatic rings. The van der Waals surface area contributed by atoms with E-state index in [1.54, 1.807) is 19.4 Å². The minimum Gasteiger partial charge on any atom is -0.383 e. The first-order valence-corrected chi connectivity index (χ1v) is 16.9. The van der Waals surface area contributed by atoms with E-state index in [-0.39, 0.29) is 22.9 Å². The van der Waals surface area contributed by atoms with Crippen molar-refractivity contribution in [3.63, 3.8) is 0 Å². The van der Waals surface area contributed by atoms with E-state index < -0.39 is 0 Å². The monoisotopic (exact) mass is 623 g/mol. The van der Waals surface area contributed by atoms with Crippen LogP contribution >= 0.6 is 0 Å². The molecule has 1 aromatic carbocycles. The van der Waals surface area contributed by atoms with Gasteiger partial charge in [-0.25, -0.2) is 0 Å². The van der Waals surface area contributed by atoms with Gasteiger partial charge >= 0.3 is 0 Å². The zero-order chi connectivity index (χ0) is 32.3. The van der Waals surface area contributed by atoms with Crippen molar-refractivity contribution in [2.75, 3.05) is 53.0 Å². The molecule has 2 aliphatic carbocycles. The summed E-state index contributed by atoms with van der Waals surface area (Å²) in [6, 6.07) is 13.9. The van der Waals surface area contributed by atoms with Crippen molar-refractivity contribution < 1.29 is 9.53 Å². The van der Waals surface area contributed by atoms with Crippen molar-refractivity contribution in [2.45, 2.75) is 58.9 Å². The highest BCUT2D eigenvalue weighted by Gasteiger charge is 2.31. The molecule has 0 bridgehead atoms. The van der Waals surface area contributed by atoms with Gasteiger partial charge < -0.3 is 19.9 Å². The van der Waals surface area contributed by atoms with E-state index in [4.69, 9.17) is 9.72 Å². The summed E-state index contributed by atoms with van der Waals surface area (Å²) in [5, 5.41) is 3.41. The highest BCUT2D eigenvalue weighted by molar-refractivity contribution is 6.00. The van der Waals surface area contributed by atoms with Crippen LogP contribution in [0.1, 0.15) is 67.7 Å². The maximum Gasteiger partial charge on any atom is 0.248 e. The third kappa shape index (κ3) is 7.68. The Morgan fingerprint density at radius 3 is 2.41 bits per heavy atom. The molecule has 1 fully saturated rings. The number of carbonyl (C=O) groups excluding carboxylic acids is 1. The minimum atomic E-state index is -0.123. The molecule has 2 N–H and O–H groups in total. The molecule has 1 amide bonds. The number of aromatic amines is 1. The van der Waals surface area contributed by atoms with Crippen LogP contribution in [0.25, 0.3) is 17.2 Å². The molecule has 3 aromatic rings. The van der Waals surface area contributed by atoms with E-state index in [2.05, 4.69) is 77.3 Å². The van der Waals surface area contributed by atoms with E-state index in [9.17, 15) is 9.59 Å². The Morgan fingerprint density at radius 2 is 1.74 bits per heavy atom. The first-order chi connectivity index (χ1) is 22.2. The van der Waals surface area contributed by atoms with Crippen LogP contribution in [0.4, 0.5) is 0 Å². The summed E-state index contributed by atoms with van der Waals surface area (Å²) in [6.07, 6.45) is 8.46. The van der Waals surface area contributed by atoms with Crippen LogP contribution in [-0.4, -0.2) is 78.7 Å². The molecule has 3 heterocycles. The number of aryl methyl sites for hydroxylation is 1. The zero-order valence-corrected chi connectivity index (χ0v) is 27.9. The smallest absolute Gasteiger partial charge is 0.248 e. The van der Waals surface area contributed by atoms with Crippen LogP contribution in [0.5, 0.6) is 0 Å². The SMILES string of the molecule is COCCN1CCN(CC[C@@H](NC(=O)C2=Cc3cc4c(nc3C2)CC[C@H](C(C)(C)C)C4)c2ccc(-c3ccc(=O)[nH]c3)cc2)CC1. The number of benzene rings is 1. The Morgan fingerprint density at radius 1 is 1.02 bits per heavy atom. The molecule has 0 saturated carbocycles. The van der Waals surface area contributed by atoms with Crippen molar-refractivity contribution in [1.82, 2.24) is 25.1 Å². The Balaban J connectivity index is 1.16. The summed E-state index contributed by atoms with van der Waals surface area (Å²) in [7, 11) is 1.75. The van der Waals surface area contributed by atoms with Gasteiger partial charge in [-0.05, 0) is 83.0 Å². The second-order valence-corrected chi connectivity index (χ2v) is 14.3. The molecule has 0 unspecified atom stereocenters. The predicted octanol–water partition coefficient (Wildman–Crippen LogP) is 5.04. The van der Waals surface area contributed by atoms with Crippen LogP contribution in [0, 0.1) is 11.3 Å². The lowest BCUT2D eigenvalue weighted by atomic mass is 9.71. The van der Waals surface area contributed by atoms with Crippen molar-refractivity contribution in [1.29, 1.82) is 0 Å². The maximum absolute atomic E-state index is 13.8. The fourth-order valence-electron chi connectivity index (χ4n) is 7.14. The number of pyridine rings is 2. The molecule has 0 spiro atoms. The van der Waals surface area contributed by atoms with Gasteiger partial charge in [-0.2, -0.15) is 0 Å². The average Bonchev–Trinajstić information content (AvgIpc) is 3.48. The summed E-state index contributed by atoms with van der Waals surface area (Å²) < 4.78 is 5.26. The molecule has 8 nitrogen and oxygen atoms in total. The highest BCUT2D eigenvalue weighted by Crippen LogP contribution is 2.38. The number of rotatable bonds is 10. The number of piperazine rings is 1. The number of amides is 1. The van der Waals surface area contributed by atoms with Crippen molar-refractivity contribution in [2.24, 2.45) is 11.3 Å². The lowest BCUT2D eigenvalue weighted by Gasteiger charge is -2.35. The number of fused-ring (bicyclic) bond motifs is 2. The van der Waals surface area contributed by atoms with Gasteiger partial charge in [0.2, 0.25) is 11.5 Å². The number of hydrogen-bond acceptors (Lipinski definition) is 6. The Hall–Kier alpha value is -3.59. The van der Waals surface area contributed by atoms with Gasteiger partial charge in [0.15, 0.2) is 0 Å². The molecule has 2 atom stereocenters. The maximum atomic E-state index is 13.8. The minimum absolute atomic E-state index is 0.0114. The van der Waals surface area contributed by atoms with Gasteiger partial charge in [0.1, 0.15) is 0 Å². The Kier molecular flexibility index (Phi) is 9.87. The fraction of sp³-hybridized carbons (Fsp3) is 0.500. The van der Waals surface area contributed by atoms with Crippen molar-refractivity contribution in [3.8, 4) is 11.1 Å². The number of nitrogens with zero attached hydrogens (tertiary/aromatic N) is 3. The van der Waals surface area contributed by atoms with Gasteiger partial charge in [-0.3, -0.25) is 19.5 Å². The second kappa shape index (κ2) is 14.0. The molecule has 244 valence electrons. The topological polar surface area (TPSA) is 90.6 Å². The number of methoxy groups -OCH3 is 1. The van der Waals surface area contributed by atoms with Gasteiger partial charge in [0.05, 0.1) is 18.3 Å². The molecule has 8 heteroatoms. The lowest BCUT2D eigenvalue weighted by molar-refractivity contribution is -0.118. The summed E-state index contributed by atoms with van der Waals surface area (Å²) in [6.45, 7) is 13.8. The molecule has 6 rings (SSSR count). The van der Waals surface area contributed by atoms with E-state index in [1.807, 2.05) is 6.07 Å². The molecule has 46 heavy (non-hydrogen) atoms. The number of H-pyrrole nitrogens is 1. The van der Waals surface area contributed by atoms with E-state index >= 15 is 0 Å². The number of ether oxygens (including phenoxy) is 1.